The molecule has 2 saturated heterocycles. The molecule has 4 rings (SSSR count). The Morgan fingerprint density at radius 2 is 2.31 bits per heavy atom. The summed E-state index contributed by atoms with van der Waals surface area (Å²) in [5.41, 5.74) is 2.30. The minimum absolute atomic E-state index is 0.0252. The quantitative estimate of drug-likeness (QED) is 0.855. The fourth-order valence-electron chi connectivity index (χ4n) is 4.05. The van der Waals surface area contributed by atoms with Crippen molar-refractivity contribution in [2.75, 3.05) is 32.9 Å². The molecule has 1 aromatic heterocycles. The molecule has 0 aliphatic carbocycles. The molecule has 2 atom stereocenters. The summed E-state index contributed by atoms with van der Waals surface area (Å²) in [6.07, 6.45) is 8.17. The van der Waals surface area contributed by atoms with E-state index in [9.17, 15) is 4.79 Å². The van der Waals surface area contributed by atoms with Gasteiger partial charge in [0.2, 0.25) is 5.91 Å². The minimum Gasteiger partial charge on any atom is -0.376 e. The van der Waals surface area contributed by atoms with Crippen molar-refractivity contribution in [2.45, 2.75) is 57.2 Å². The van der Waals surface area contributed by atoms with Gasteiger partial charge in [0, 0.05) is 50.1 Å². The van der Waals surface area contributed by atoms with Crippen LogP contribution in [0.3, 0.4) is 0 Å². The van der Waals surface area contributed by atoms with Gasteiger partial charge in [0.15, 0.2) is 5.82 Å². The first kappa shape index (κ1) is 17.8. The van der Waals surface area contributed by atoms with Crippen LogP contribution < -0.4 is 5.32 Å². The summed E-state index contributed by atoms with van der Waals surface area (Å²) in [4.78, 5) is 24.1. The van der Waals surface area contributed by atoms with Gasteiger partial charge >= 0.3 is 0 Å². The number of carbonyl (C=O) groups excluding carboxylic acids is 1. The zero-order chi connectivity index (χ0) is 17.8. The summed E-state index contributed by atoms with van der Waals surface area (Å²) in [7, 11) is 0. The van der Waals surface area contributed by atoms with E-state index in [1.807, 2.05) is 11.1 Å². The van der Waals surface area contributed by atoms with Gasteiger partial charge in [0.1, 0.15) is 6.61 Å². The topological polar surface area (TPSA) is 76.6 Å². The zero-order valence-electron chi connectivity index (χ0n) is 15.3. The molecule has 142 valence electrons. The number of ether oxygens (including phenoxy) is 2. The molecule has 2 fully saturated rings. The number of nitrogens with one attached hydrogen (secondary N) is 1. The van der Waals surface area contributed by atoms with E-state index in [4.69, 9.17) is 14.5 Å². The molecule has 0 spiro atoms. The molecule has 1 N–H and O–H groups in total. The summed E-state index contributed by atoms with van der Waals surface area (Å²) in [5, 5.41) is 3.34. The number of amides is 1. The van der Waals surface area contributed by atoms with Gasteiger partial charge in [-0.25, -0.2) is 9.97 Å². The summed E-state index contributed by atoms with van der Waals surface area (Å²) >= 11 is 0. The minimum atomic E-state index is -0.0252. The highest BCUT2D eigenvalue weighted by Gasteiger charge is 2.31. The van der Waals surface area contributed by atoms with Crippen LogP contribution in [0.2, 0.25) is 0 Å². The van der Waals surface area contributed by atoms with Crippen LogP contribution in [0.25, 0.3) is 0 Å². The molecule has 26 heavy (non-hydrogen) atoms. The van der Waals surface area contributed by atoms with E-state index in [2.05, 4.69) is 10.3 Å². The van der Waals surface area contributed by atoms with Crippen LogP contribution in [-0.4, -0.2) is 59.8 Å². The second kappa shape index (κ2) is 8.41. The largest absolute Gasteiger partial charge is 0.376 e. The lowest BCUT2D eigenvalue weighted by molar-refractivity contribution is -0.141. The number of fused-ring (bicyclic) bond motifs is 1. The lowest BCUT2D eigenvalue weighted by Crippen LogP contribution is -2.41. The average Bonchev–Trinajstić information content (AvgIpc) is 3.21. The molecule has 3 aliphatic rings. The van der Waals surface area contributed by atoms with Crippen LogP contribution >= 0.6 is 0 Å². The first-order valence-corrected chi connectivity index (χ1v) is 9.85. The average molecular weight is 360 g/mol. The summed E-state index contributed by atoms with van der Waals surface area (Å²) in [6.45, 7) is 3.97. The van der Waals surface area contributed by atoms with Crippen molar-refractivity contribution >= 4 is 5.91 Å². The van der Waals surface area contributed by atoms with Crippen molar-refractivity contribution in [1.82, 2.24) is 20.2 Å². The van der Waals surface area contributed by atoms with Crippen molar-refractivity contribution in [3.63, 3.8) is 0 Å². The maximum Gasteiger partial charge on any atom is 0.249 e. The van der Waals surface area contributed by atoms with E-state index in [1.54, 1.807) is 0 Å². The number of hydrogen-bond donors (Lipinski definition) is 1. The summed E-state index contributed by atoms with van der Waals surface area (Å²) in [6, 6.07) is -0.0252. The lowest BCUT2D eigenvalue weighted by atomic mass is 10.0. The second-order valence-corrected chi connectivity index (χ2v) is 7.38. The van der Waals surface area contributed by atoms with Crippen LogP contribution in [0, 0.1) is 0 Å². The van der Waals surface area contributed by atoms with Gasteiger partial charge in [0.25, 0.3) is 0 Å². The predicted molar refractivity (Wildman–Crippen MR) is 95.5 cm³/mol. The molecule has 0 aromatic carbocycles. The molecule has 3 aliphatic heterocycles. The molecule has 1 aromatic rings. The number of nitrogens with zero attached hydrogens (tertiary/aromatic N) is 3. The number of carbonyl (C=O) groups is 1. The molecule has 1 amide bonds. The first-order valence-electron chi connectivity index (χ1n) is 9.85. The molecule has 0 bridgehead atoms. The van der Waals surface area contributed by atoms with Gasteiger partial charge in [-0.3, -0.25) is 4.79 Å². The molecular formula is C19H28N4O3. The molecule has 7 nitrogen and oxygen atoms in total. The highest BCUT2D eigenvalue weighted by Crippen LogP contribution is 2.29. The van der Waals surface area contributed by atoms with E-state index >= 15 is 0 Å². The molecular weight excluding hydrogens is 332 g/mol. The van der Waals surface area contributed by atoms with Gasteiger partial charge < -0.3 is 19.7 Å². The van der Waals surface area contributed by atoms with E-state index in [1.165, 1.54) is 5.56 Å². The van der Waals surface area contributed by atoms with E-state index in [0.717, 1.165) is 76.3 Å². The van der Waals surface area contributed by atoms with Crippen molar-refractivity contribution in [3.8, 4) is 0 Å². The third kappa shape index (κ3) is 4.05. The lowest BCUT2D eigenvalue weighted by Gasteiger charge is -2.35. The standard InChI is InChI=1S/C19H28N4O3/c24-18(13-25-12-15-4-3-9-26-15)23-8-2-1-5-17(23)19-21-11-14-10-20-7-6-16(14)22-19/h11,15,17,20H,1-10,12-13H2. The van der Waals surface area contributed by atoms with E-state index in [-0.39, 0.29) is 24.7 Å². The van der Waals surface area contributed by atoms with Crippen LogP contribution in [-0.2, 0) is 27.2 Å². The third-order valence-electron chi connectivity index (χ3n) is 5.50. The number of aromatic nitrogens is 2. The van der Waals surface area contributed by atoms with Crippen LogP contribution in [0.15, 0.2) is 6.20 Å². The zero-order valence-corrected chi connectivity index (χ0v) is 15.3. The SMILES string of the molecule is O=C(COCC1CCCO1)N1CCCCC1c1ncc2c(n1)CCNC2. The Kier molecular flexibility index (Phi) is 5.77. The van der Waals surface area contributed by atoms with Crippen molar-refractivity contribution in [3.05, 3.63) is 23.3 Å². The molecule has 2 unspecified atom stereocenters. The second-order valence-electron chi connectivity index (χ2n) is 7.38. The van der Waals surface area contributed by atoms with Crippen molar-refractivity contribution in [2.24, 2.45) is 0 Å². The van der Waals surface area contributed by atoms with E-state index < -0.39 is 0 Å². The highest BCUT2D eigenvalue weighted by atomic mass is 16.5. The molecule has 4 heterocycles. The Morgan fingerprint density at radius 1 is 1.35 bits per heavy atom. The highest BCUT2D eigenvalue weighted by molar-refractivity contribution is 5.78. The fourth-order valence-corrected chi connectivity index (χ4v) is 4.05. The maximum absolute atomic E-state index is 12.7. The Labute approximate surface area is 154 Å². The van der Waals surface area contributed by atoms with Gasteiger partial charge in [-0.1, -0.05) is 0 Å². The van der Waals surface area contributed by atoms with Gasteiger partial charge in [-0.05, 0) is 32.1 Å². The predicted octanol–water partition coefficient (Wildman–Crippen LogP) is 1.37. The van der Waals surface area contributed by atoms with Crippen LogP contribution in [0.5, 0.6) is 0 Å². The molecule has 0 radical (unpaired) electrons. The Hall–Kier alpha value is -1.57. The smallest absolute Gasteiger partial charge is 0.249 e. The van der Waals surface area contributed by atoms with Crippen molar-refractivity contribution < 1.29 is 14.3 Å². The fraction of sp³-hybridized carbons (Fsp3) is 0.737. The normalized spacial score (nSPS) is 25.9. The van der Waals surface area contributed by atoms with E-state index in [0.29, 0.717) is 6.61 Å². The Morgan fingerprint density at radius 3 is 3.19 bits per heavy atom. The number of hydrogen-bond acceptors (Lipinski definition) is 6. The maximum atomic E-state index is 12.7. The summed E-state index contributed by atoms with van der Waals surface area (Å²) < 4.78 is 11.2. The monoisotopic (exact) mass is 360 g/mol. The molecule has 7 heteroatoms. The number of rotatable bonds is 5. The van der Waals surface area contributed by atoms with Gasteiger partial charge in [-0.2, -0.15) is 0 Å². The summed E-state index contributed by atoms with van der Waals surface area (Å²) in [5.74, 6) is 0.827. The van der Waals surface area contributed by atoms with Gasteiger partial charge in [-0.15, -0.1) is 0 Å². The van der Waals surface area contributed by atoms with Gasteiger partial charge in [0.05, 0.1) is 18.8 Å². The number of likely N-dealkylation sites (tertiary alicyclic amines) is 1. The van der Waals surface area contributed by atoms with Crippen molar-refractivity contribution in [1.29, 1.82) is 0 Å². The number of piperidine rings is 1. The van der Waals surface area contributed by atoms with Crippen LogP contribution in [0.4, 0.5) is 0 Å². The third-order valence-corrected chi connectivity index (χ3v) is 5.50. The molecule has 0 saturated carbocycles. The Balaban J connectivity index is 1.40. The Bertz CT molecular complexity index is 633. The van der Waals surface area contributed by atoms with Crippen LogP contribution in [0.1, 0.15) is 55.2 Å². The first-order chi connectivity index (χ1) is 12.8.